The van der Waals surface area contributed by atoms with E-state index in [4.69, 9.17) is 10.5 Å². The minimum Gasteiger partial charge on any atom is -0.378 e. The summed E-state index contributed by atoms with van der Waals surface area (Å²) in [5.74, 6) is 1.59. The van der Waals surface area contributed by atoms with E-state index in [0.717, 1.165) is 50.8 Å². The standard InChI is InChI=1S/C15H25N5O/c1-3-19(4-2)15(16)18-12-13-6-5-7-17-14(13)20-8-10-21-11-9-20/h5-7H,3-4,8-12H2,1-2H3,(H2,16,18). The first kappa shape index (κ1) is 15.6. The molecule has 0 atom stereocenters. The zero-order valence-electron chi connectivity index (χ0n) is 13.0. The van der Waals surface area contributed by atoms with Gasteiger partial charge in [0.05, 0.1) is 19.8 Å². The molecule has 1 aromatic heterocycles. The Hall–Kier alpha value is -1.82. The van der Waals surface area contributed by atoms with E-state index in [9.17, 15) is 0 Å². The normalized spacial score (nSPS) is 16.1. The van der Waals surface area contributed by atoms with E-state index < -0.39 is 0 Å². The van der Waals surface area contributed by atoms with Gasteiger partial charge in [0.1, 0.15) is 5.82 Å². The van der Waals surface area contributed by atoms with Gasteiger partial charge < -0.3 is 20.3 Å². The van der Waals surface area contributed by atoms with Crippen molar-refractivity contribution >= 4 is 11.8 Å². The van der Waals surface area contributed by atoms with Gasteiger partial charge in [-0.25, -0.2) is 9.98 Å². The van der Waals surface area contributed by atoms with Gasteiger partial charge in [0.25, 0.3) is 0 Å². The average molecular weight is 291 g/mol. The molecule has 2 heterocycles. The molecule has 1 aliphatic heterocycles. The van der Waals surface area contributed by atoms with Crippen molar-refractivity contribution in [2.75, 3.05) is 44.3 Å². The van der Waals surface area contributed by atoms with Gasteiger partial charge >= 0.3 is 0 Å². The van der Waals surface area contributed by atoms with E-state index >= 15 is 0 Å². The van der Waals surface area contributed by atoms with Crippen molar-refractivity contribution in [3.8, 4) is 0 Å². The molecule has 6 nitrogen and oxygen atoms in total. The lowest BCUT2D eigenvalue weighted by Gasteiger charge is -2.29. The third kappa shape index (κ3) is 4.07. The molecule has 0 aromatic carbocycles. The molecule has 116 valence electrons. The molecule has 1 saturated heterocycles. The number of anilines is 1. The molecule has 1 fully saturated rings. The van der Waals surface area contributed by atoms with Crippen LogP contribution in [0.4, 0.5) is 5.82 Å². The van der Waals surface area contributed by atoms with Crippen molar-refractivity contribution < 1.29 is 4.74 Å². The predicted octanol–water partition coefficient (Wildman–Crippen LogP) is 1.07. The van der Waals surface area contributed by atoms with Gasteiger partial charge in [0.15, 0.2) is 5.96 Å². The highest BCUT2D eigenvalue weighted by molar-refractivity contribution is 5.78. The molecule has 0 amide bonds. The summed E-state index contributed by atoms with van der Waals surface area (Å²) < 4.78 is 5.40. The number of ether oxygens (including phenoxy) is 1. The molecule has 0 bridgehead atoms. The van der Waals surface area contributed by atoms with Crippen molar-refractivity contribution in [2.45, 2.75) is 20.4 Å². The zero-order valence-corrected chi connectivity index (χ0v) is 13.0. The molecule has 0 aliphatic carbocycles. The minimum atomic E-state index is 0.558. The predicted molar refractivity (Wildman–Crippen MR) is 85.5 cm³/mol. The molecule has 21 heavy (non-hydrogen) atoms. The quantitative estimate of drug-likeness (QED) is 0.649. The molecular formula is C15H25N5O. The maximum absolute atomic E-state index is 6.04. The van der Waals surface area contributed by atoms with Crippen LogP contribution >= 0.6 is 0 Å². The number of hydrogen-bond donors (Lipinski definition) is 1. The molecule has 2 rings (SSSR count). The van der Waals surface area contributed by atoms with Crippen LogP contribution in [0, 0.1) is 0 Å². The Labute approximate surface area is 126 Å². The fraction of sp³-hybridized carbons (Fsp3) is 0.600. The van der Waals surface area contributed by atoms with Gasteiger partial charge in [0, 0.05) is 37.9 Å². The number of morpholine rings is 1. The van der Waals surface area contributed by atoms with Crippen LogP contribution < -0.4 is 10.6 Å². The summed E-state index contributed by atoms with van der Waals surface area (Å²) in [4.78, 5) is 13.3. The third-order valence-corrected chi connectivity index (χ3v) is 3.68. The summed E-state index contributed by atoms with van der Waals surface area (Å²) in [6, 6.07) is 4.01. The van der Waals surface area contributed by atoms with Gasteiger partial charge in [-0.1, -0.05) is 6.07 Å². The van der Waals surface area contributed by atoms with Crippen molar-refractivity contribution in [2.24, 2.45) is 10.7 Å². The monoisotopic (exact) mass is 291 g/mol. The Morgan fingerprint density at radius 3 is 2.76 bits per heavy atom. The van der Waals surface area contributed by atoms with Gasteiger partial charge in [-0.2, -0.15) is 0 Å². The van der Waals surface area contributed by atoms with Gasteiger partial charge in [-0.15, -0.1) is 0 Å². The number of aliphatic imine (C=N–C) groups is 1. The Morgan fingerprint density at radius 1 is 1.38 bits per heavy atom. The van der Waals surface area contributed by atoms with Crippen LogP contribution in [0.25, 0.3) is 0 Å². The Morgan fingerprint density at radius 2 is 2.10 bits per heavy atom. The van der Waals surface area contributed by atoms with Crippen LogP contribution in [0.2, 0.25) is 0 Å². The molecule has 1 aromatic rings. The molecule has 2 N–H and O–H groups in total. The smallest absolute Gasteiger partial charge is 0.191 e. The lowest BCUT2D eigenvalue weighted by atomic mass is 10.2. The fourth-order valence-corrected chi connectivity index (χ4v) is 2.43. The van der Waals surface area contributed by atoms with Crippen molar-refractivity contribution in [1.29, 1.82) is 0 Å². The first-order valence-electron chi connectivity index (χ1n) is 7.57. The minimum absolute atomic E-state index is 0.558. The van der Waals surface area contributed by atoms with Crippen molar-refractivity contribution in [1.82, 2.24) is 9.88 Å². The molecular weight excluding hydrogens is 266 g/mol. The largest absolute Gasteiger partial charge is 0.378 e. The number of hydrogen-bond acceptors (Lipinski definition) is 4. The number of aromatic nitrogens is 1. The highest BCUT2D eigenvalue weighted by Gasteiger charge is 2.15. The van der Waals surface area contributed by atoms with E-state index in [2.05, 4.69) is 34.8 Å². The lowest BCUT2D eigenvalue weighted by molar-refractivity contribution is 0.122. The number of nitrogens with two attached hydrogens (primary N) is 1. The summed E-state index contributed by atoms with van der Waals surface area (Å²) in [7, 11) is 0. The lowest BCUT2D eigenvalue weighted by Crippen LogP contribution is -2.38. The maximum atomic E-state index is 6.04. The summed E-state index contributed by atoms with van der Waals surface area (Å²) in [6.45, 7) is 9.71. The SMILES string of the molecule is CCN(CC)C(N)=NCc1cccnc1N1CCOCC1. The van der Waals surface area contributed by atoms with Gasteiger partial charge in [0.2, 0.25) is 0 Å². The number of guanidine groups is 1. The van der Waals surface area contributed by atoms with Crippen LogP contribution in [0.5, 0.6) is 0 Å². The second-order valence-electron chi connectivity index (χ2n) is 4.93. The van der Waals surface area contributed by atoms with Crippen LogP contribution in [-0.2, 0) is 11.3 Å². The summed E-state index contributed by atoms with van der Waals surface area (Å²) in [5.41, 5.74) is 7.14. The average Bonchev–Trinajstić information content (AvgIpc) is 2.55. The summed E-state index contributed by atoms with van der Waals surface area (Å²) >= 11 is 0. The molecule has 6 heteroatoms. The van der Waals surface area contributed by atoms with Crippen molar-refractivity contribution in [3.05, 3.63) is 23.9 Å². The van der Waals surface area contributed by atoms with Crippen molar-refractivity contribution in [3.63, 3.8) is 0 Å². The maximum Gasteiger partial charge on any atom is 0.191 e. The first-order valence-corrected chi connectivity index (χ1v) is 7.57. The van der Waals surface area contributed by atoms with E-state index in [1.165, 1.54) is 0 Å². The first-order chi connectivity index (χ1) is 10.3. The van der Waals surface area contributed by atoms with E-state index in [1.54, 1.807) is 0 Å². The zero-order chi connectivity index (χ0) is 15.1. The molecule has 0 saturated carbocycles. The molecule has 0 radical (unpaired) electrons. The molecule has 0 spiro atoms. The second-order valence-corrected chi connectivity index (χ2v) is 4.93. The number of rotatable bonds is 5. The van der Waals surface area contributed by atoms with Gasteiger partial charge in [-0.3, -0.25) is 0 Å². The van der Waals surface area contributed by atoms with E-state index in [-0.39, 0.29) is 0 Å². The topological polar surface area (TPSA) is 67.0 Å². The Bertz CT molecular complexity index is 467. The number of nitrogens with zero attached hydrogens (tertiary/aromatic N) is 4. The molecule has 0 unspecified atom stereocenters. The molecule has 1 aliphatic rings. The van der Waals surface area contributed by atoms with Crippen LogP contribution in [0.3, 0.4) is 0 Å². The Kier molecular flexibility index (Phi) is 5.80. The van der Waals surface area contributed by atoms with Crippen LogP contribution in [0.15, 0.2) is 23.3 Å². The van der Waals surface area contributed by atoms with E-state index in [0.29, 0.717) is 12.5 Å². The second kappa shape index (κ2) is 7.83. The highest BCUT2D eigenvalue weighted by atomic mass is 16.5. The number of pyridine rings is 1. The van der Waals surface area contributed by atoms with Crippen LogP contribution in [0.1, 0.15) is 19.4 Å². The highest BCUT2D eigenvalue weighted by Crippen LogP contribution is 2.19. The summed E-state index contributed by atoms with van der Waals surface area (Å²) in [6.07, 6.45) is 1.83. The summed E-state index contributed by atoms with van der Waals surface area (Å²) in [5, 5.41) is 0. The van der Waals surface area contributed by atoms with Gasteiger partial charge in [-0.05, 0) is 19.9 Å². The van der Waals surface area contributed by atoms with E-state index in [1.807, 2.05) is 17.2 Å². The third-order valence-electron chi connectivity index (χ3n) is 3.68. The fourth-order valence-electron chi connectivity index (χ4n) is 2.43. The van der Waals surface area contributed by atoms with Crippen LogP contribution in [-0.4, -0.2) is 55.2 Å². The Balaban J connectivity index is 2.11.